The van der Waals surface area contributed by atoms with Crippen LogP contribution in [0.3, 0.4) is 0 Å². The molecule has 0 saturated carbocycles. The largest absolute Gasteiger partial charge is 0.368 e. The van der Waals surface area contributed by atoms with Crippen LogP contribution < -0.4 is 16.0 Å². The number of anilines is 3. The summed E-state index contributed by atoms with van der Waals surface area (Å²) in [5, 5.41) is 3.37. The molecular formula is C18H23ClN6O. The van der Waals surface area contributed by atoms with Crippen LogP contribution in [0.1, 0.15) is 11.1 Å². The maximum absolute atomic E-state index is 12.4. The average molecular weight is 375 g/mol. The molecule has 138 valence electrons. The van der Waals surface area contributed by atoms with Gasteiger partial charge in [0, 0.05) is 37.9 Å². The van der Waals surface area contributed by atoms with Gasteiger partial charge in [-0.15, -0.1) is 0 Å². The molecule has 3 rings (SSSR count). The number of aromatic nitrogens is 2. The monoisotopic (exact) mass is 374 g/mol. The first-order chi connectivity index (χ1) is 12.4. The van der Waals surface area contributed by atoms with E-state index < -0.39 is 0 Å². The van der Waals surface area contributed by atoms with Gasteiger partial charge in [0.05, 0.1) is 6.54 Å². The standard InChI is InChI=1S/C18H23ClN6O/c1-12-4-3-5-13(2)17(12)23-16(26)11-24-6-8-25(9-7-24)15-10-14(19)21-18(20)22-15/h3-5,10H,6-9,11H2,1-2H3,(H,23,26)(H2,20,21,22). The minimum Gasteiger partial charge on any atom is -0.368 e. The predicted molar refractivity (Wildman–Crippen MR) is 105 cm³/mol. The Morgan fingerprint density at radius 1 is 1.19 bits per heavy atom. The summed E-state index contributed by atoms with van der Waals surface area (Å²) in [5.74, 6) is 0.898. The Morgan fingerprint density at radius 2 is 1.85 bits per heavy atom. The number of para-hydroxylation sites is 1. The molecule has 7 nitrogen and oxygen atoms in total. The third-order valence-electron chi connectivity index (χ3n) is 4.51. The van der Waals surface area contributed by atoms with Crippen LogP contribution in [0.25, 0.3) is 0 Å². The molecule has 1 amide bonds. The lowest BCUT2D eigenvalue weighted by molar-refractivity contribution is -0.117. The zero-order valence-corrected chi connectivity index (χ0v) is 15.8. The number of nitrogens with zero attached hydrogens (tertiary/aromatic N) is 4. The maximum atomic E-state index is 12.4. The number of benzene rings is 1. The van der Waals surface area contributed by atoms with E-state index in [1.54, 1.807) is 6.07 Å². The minimum absolute atomic E-state index is 0.00479. The molecule has 1 aliphatic rings. The van der Waals surface area contributed by atoms with Crippen molar-refractivity contribution in [2.45, 2.75) is 13.8 Å². The fraction of sp³-hybridized carbons (Fsp3) is 0.389. The predicted octanol–water partition coefficient (Wildman–Crippen LogP) is 2.09. The van der Waals surface area contributed by atoms with Crippen LogP contribution in [0.5, 0.6) is 0 Å². The number of amides is 1. The summed E-state index contributed by atoms with van der Waals surface area (Å²) >= 11 is 5.95. The third-order valence-corrected chi connectivity index (χ3v) is 4.70. The normalized spacial score (nSPS) is 15.1. The molecule has 1 saturated heterocycles. The Bertz CT molecular complexity index is 764. The number of halogens is 1. The molecule has 2 heterocycles. The fourth-order valence-electron chi connectivity index (χ4n) is 3.11. The summed E-state index contributed by atoms with van der Waals surface area (Å²) < 4.78 is 0. The molecule has 1 aliphatic heterocycles. The second-order valence-electron chi connectivity index (χ2n) is 6.49. The fourth-order valence-corrected chi connectivity index (χ4v) is 3.30. The molecule has 0 aliphatic carbocycles. The van der Waals surface area contributed by atoms with Crippen LogP contribution in [-0.2, 0) is 4.79 Å². The van der Waals surface area contributed by atoms with E-state index in [1.807, 2.05) is 32.0 Å². The van der Waals surface area contributed by atoms with Crippen molar-refractivity contribution < 1.29 is 4.79 Å². The van der Waals surface area contributed by atoms with Crippen LogP contribution in [0, 0.1) is 13.8 Å². The molecule has 1 fully saturated rings. The number of nitrogen functional groups attached to an aromatic ring is 1. The van der Waals surface area contributed by atoms with E-state index in [2.05, 4.69) is 25.1 Å². The number of hydrogen-bond donors (Lipinski definition) is 2. The number of nitrogens with one attached hydrogen (secondary N) is 1. The Labute approximate surface area is 158 Å². The van der Waals surface area contributed by atoms with Gasteiger partial charge in [0.2, 0.25) is 11.9 Å². The van der Waals surface area contributed by atoms with Gasteiger partial charge in [0.15, 0.2) is 0 Å². The second-order valence-corrected chi connectivity index (χ2v) is 6.87. The van der Waals surface area contributed by atoms with Gasteiger partial charge >= 0.3 is 0 Å². The van der Waals surface area contributed by atoms with Crippen molar-refractivity contribution in [1.29, 1.82) is 0 Å². The number of hydrogen-bond acceptors (Lipinski definition) is 6. The van der Waals surface area contributed by atoms with Gasteiger partial charge in [-0.05, 0) is 25.0 Å². The Hall–Kier alpha value is -2.38. The SMILES string of the molecule is Cc1cccc(C)c1NC(=O)CN1CCN(c2cc(Cl)nc(N)n2)CC1. The Balaban J connectivity index is 1.54. The van der Waals surface area contributed by atoms with Gasteiger partial charge in [0.25, 0.3) is 0 Å². The molecule has 8 heteroatoms. The van der Waals surface area contributed by atoms with Crippen molar-refractivity contribution in [2.24, 2.45) is 0 Å². The molecule has 3 N–H and O–H groups in total. The molecule has 0 bridgehead atoms. The summed E-state index contributed by atoms with van der Waals surface area (Å²) in [7, 11) is 0. The first-order valence-corrected chi connectivity index (χ1v) is 8.93. The van der Waals surface area contributed by atoms with Crippen molar-refractivity contribution in [2.75, 3.05) is 48.7 Å². The van der Waals surface area contributed by atoms with E-state index in [4.69, 9.17) is 17.3 Å². The molecular weight excluding hydrogens is 352 g/mol. The zero-order chi connectivity index (χ0) is 18.7. The summed E-state index contributed by atoms with van der Waals surface area (Å²) in [5.41, 5.74) is 8.71. The smallest absolute Gasteiger partial charge is 0.238 e. The van der Waals surface area contributed by atoms with E-state index in [9.17, 15) is 4.79 Å². The minimum atomic E-state index is 0.00479. The van der Waals surface area contributed by atoms with Crippen molar-refractivity contribution in [3.63, 3.8) is 0 Å². The molecule has 1 aromatic carbocycles. The van der Waals surface area contributed by atoms with E-state index in [0.717, 1.165) is 48.8 Å². The number of aryl methyl sites for hydroxylation is 2. The van der Waals surface area contributed by atoms with Gasteiger partial charge in [-0.3, -0.25) is 9.69 Å². The number of nitrogens with two attached hydrogens (primary N) is 1. The average Bonchev–Trinajstić information content (AvgIpc) is 2.58. The second kappa shape index (κ2) is 7.88. The molecule has 0 radical (unpaired) electrons. The van der Waals surface area contributed by atoms with Crippen LogP contribution in [0.4, 0.5) is 17.5 Å². The topological polar surface area (TPSA) is 87.4 Å². The highest BCUT2D eigenvalue weighted by molar-refractivity contribution is 6.29. The van der Waals surface area contributed by atoms with E-state index in [0.29, 0.717) is 11.7 Å². The zero-order valence-electron chi connectivity index (χ0n) is 15.0. The van der Waals surface area contributed by atoms with Crippen molar-refractivity contribution in [3.8, 4) is 0 Å². The van der Waals surface area contributed by atoms with E-state index in [-0.39, 0.29) is 11.9 Å². The van der Waals surface area contributed by atoms with Gasteiger partial charge in [-0.1, -0.05) is 29.8 Å². The molecule has 0 spiro atoms. The number of rotatable bonds is 4. The summed E-state index contributed by atoms with van der Waals surface area (Å²) in [6.07, 6.45) is 0. The maximum Gasteiger partial charge on any atom is 0.238 e. The summed E-state index contributed by atoms with van der Waals surface area (Å²) in [4.78, 5) is 24.7. The third kappa shape index (κ3) is 4.42. The first-order valence-electron chi connectivity index (χ1n) is 8.56. The highest BCUT2D eigenvalue weighted by atomic mass is 35.5. The molecule has 0 unspecified atom stereocenters. The van der Waals surface area contributed by atoms with Crippen LogP contribution in [0.15, 0.2) is 24.3 Å². The highest BCUT2D eigenvalue weighted by Gasteiger charge is 2.21. The van der Waals surface area contributed by atoms with Gasteiger partial charge in [-0.2, -0.15) is 4.98 Å². The first kappa shape index (κ1) is 18.4. The van der Waals surface area contributed by atoms with Crippen LogP contribution in [-0.4, -0.2) is 53.5 Å². The molecule has 1 aromatic heterocycles. The number of carbonyl (C=O) groups is 1. The van der Waals surface area contributed by atoms with E-state index in [1.165, 1.54) is 0 Å². The Morgan fingerprint density at radius 3 is 2.46 bits per heavy atom. The summed E-state index contributed by atoms with van der Waals surface area (Å²) in [6.45, 7) is 7.41. The van der Waals surface area contributed by atoms with E-state index >= 15 is 0 Å². The quantitative estimate of drug-likeness (QED) is 0.797. The molecule has 0 atom stereocenters. The lowest BCUT2D eigenvalue weighted by Gasteiger charge is -2.35. The van der Waals surface area contributed by atoms with Crippen molar-refractivity contribution in [1.82, 2.24) is 14.9 Å². The summed E-state index contributed by atoms with van der Waals surface area (Å²) in [6, 6.07) is 7.70. The van der Waals surface area contributed by atoms with Crippen molar-refractivity contribution in [3.05, 3.63) is 40.5 Å². The lowest BCUT2D eigenvalue weighted by atomic mass is 10.1. The number of carbonyl (C=O) groups excluding carboxylic acids is 1. The number of piperazine rings is 1. The molecule has 26 heavy (non-hydrogen) atoms. The van der Waals surface area contributed by atoms with Gasteiger partial charge in [-0.25, -0.2) is 4.98 Å². The van der Waals surface area contributed by atoms with Crippen LogP contribution >= 0.6 is 11.6 Å². The lowest BCUT2D eigenvalue weighted by Crippen LogP contribution is -2.49. The van der Waals surface area contributed by atoms with Crippen LogP contribution in [0.2, 0.25) is 5.15 Å². The van der Waals surface area contributed by atoms with Crippen molar-refractivity contribution >= 4 is 35.0 Å². The van der Waals surface area contributed by atoms with Gasteiger partial charge < -0.3 is 16.0 Å². The Kier molecular flexibility index (Phi) is 5.58. The molecule has 2 aromatic rings. The van der Waals surface area contributed by atoms with Gasteiger partial charge in [0.1, 0.15) is 11.0 Å². The highest BCUT2D eigenvalue weighted by Crippen LogP contribution is 2.20.